The summed E-state index contributed by atoms with van der Waals surface area (Å²) in [5.41, 5.74) is 0.656. The van der Waals surface area contributed by atoms with E-state index in [1.807, 2.05) is 0 Å². The van der Waals surface area contributed by atoms with E-state index in [0.717, 1.165) is 11.5 Å². The van der Waals surface area contributed by atoms with Crippen LogP contribution in [-0.2, 0) is 18.9 Å². The summed E-state index contributed by atoms with van der Waals surface area (Å²) in [4.78, 5) is 11.9. The zero-order valence-corrected chi connectivity index (χ0v) is 13.3. The van der Waals surface area contributed by atoms with E-state index in [0.29, 0.717) is 5.56 Å². The predicted octanol–water partition coefficient (Wildman–Crippen LogP) is 0.963. The number of hydrogen-bond donors (Lipinski definition) is 1. The Balaban J connectivity index is 2.25. The highest BCUT2D eigenvalue weighted by Crippen LogP contribution is 2.19. The van der Waals surface area contributed by atoms with Gasteiger partial charge in [0, 0.05) is 21.7 Å². The summed E-state index contributed by atoms with van der Waals surface area (Å²) in [7, 11) is -1.96. The summed E-state index contributed by atoms with van der Waals surface area (Å²) in [6.45, 7) is 1.63. The number of sulfone groups is 1. The van der Waals surface area contributed by atoms with Crippen LogP contribution in [0.4, 0.5) is 0 Å². The van der Waals surface area contributed by atoms with E-state index in [4.69, 9.17) is 10.7 Å². The molecule has 1 aliphatic heterocycles. The van der Waals surface area contributed by atoms with Gasteiger partial charge in [-0.25, -0.2) is 16.8 Å². The molecule has 1 aromatic rings. The van der Waals surface area contributed by atoms with E-state index < -0.39 is 30.8 Å². The molecule has 1 amide bonds. The Hall–Kier alpha value is -1.38. The molecular formula is C12H12ClNO5S2. The van der Waals surface area contributed by atoms with E-state index in [-0.39, 0.29) is 16.2 Å². The topological polar surface area (TPSA) is 97.4 Å². The van der Waals surface area contributed by atoms with Crippen LogP contribution in [0.2, 0.25) is 0 Å². The molecule has 1 unspecified atom stereocenters. The van der Waals surface area contributed by atoms with Crippen LogP contribution < -0.4 is 5.32 Å². The molecule has 1 atom stereocenters. The van der Waals surface area contributed by atoms with Crippen LogP contribution in [0.1, 0.15) is 15.9 Å². The van der Waals surface area contributed by atoms with Crippen LogP contribution in [-0.4, -0.2) is 34.5 Å². The molecule has 0 saturated heterocycles. The van der Waals surface area contributed by atoms with Gasteiger partial charge in [-0.05, 0) is 36.8 Å². The van der Waals surface area contributed by atoms with Crippen molar-refractivity contribution < 1.29 is 21.6 Å². The lowest BCUT2D eigenvalue weighted by Gasteiger charge is -2.11. The van der Waals surface area contributed by atoms with Crippen molar-refractivity contribution in [3.63, 3.8) is 0 Å². The van der Waals surface area contributed by atoms with Crippen molar-refractivity contribution >= 4 is 35.5 Å². The van der Waals surface area contributed by atoms with E-state index >= 15 is 0 Å². The Morgan fingerprint density at radius 2 is 2.00 bits per heavy atom. The third-order valence-corrected chi connectivity index (χ3v) is 5.57. The fourth-order valence-corrected chi connectivity index (χ4v) is 4.03. The molecule has 1 aromatic carbocycles. The molecule has 0 aliphatic carbocycles. The van der Waals surface area contributed by atoms with Crippen LogP contribution in [0, 0.1) is 6.92 Å². The molecular weight excluding hydrogens is 338 g/mol. The molecule has 9 heteroatoms. The van der Waals surface area contributed by atoms with Gasteiger partial charge in [-0.2, -0.15) is 0 Å². The van der Waals surface area contributed by atoms with E-state index in [1.54, 1.807) is 6.92 Å². The van der Waals surface area contributed by atoms with Crippen molar-refractivity contribution in [1.82, 2.24) is 5.32 Å². The number of carbonyl (C=O) groups is 1. The van der Waals surface area contributed by atoms with Crippen LogP contribution in [0.5, 0.6) is 0 Å². The molecule has 2 rings (SSSR count). The third kappa shape index (κ3) is 4.05. The van der Waals surface area contributed by atoms with Crippen molar-refractivity contribution in [1.29, 1.82) is 0 Å². The van der Waals surface area contributed by atoms with Gasteiger partial charge in [0.1, 0.15) is 0 Å². The third-order valence-electron chi connectivity index (χ3n) is 2.84. The lowest BCUT2D eigenvalue weighted by molar-refractivity contribution is 0.0947. The van der Waals surface area contributed by atoms with Crippen LogP contribution in [0.25, 0.3) is 0 Å². The van der Waals surface area contributed by atoms with Gasteiger partial charge in [-0.15, -0.1) is 0 Å². The zero-order valence-electron chi connectivity index (χ0n) is 10.9. The van der Waals surface area contributed by atoms with Gasteiger partial charge in [-0.3, -0.25) is 4.79 Å². The number of amides is 1. The molecule has 0 radical (unpaired) electrons. The van der Waals surface area contributed by atoms with Gasteiger partial charge >= 0.3 is 0 Å². The second-order valence-electron chi connectivity index (χ2n) is 4.71. The molecule has 0 fully saturated rings. The van der Waals surface area contributed by atoms with Crippen LogP contribution in [0.3, 0.4) is 0 Å². The van der Waals surface area contributed by atoms with Crippen molar-refractivity contribution in [2.75, 3.05) is 5.75 Å². The number of benzene rings is 1. The minimum atomic E-state index is -3.94. The molecule has 0 aromatic heterocycles. The van der Waals surface area contributed by atoms with Crippen LogP contribution in [0.15, 0.2) is 34.6 Å². The minimum absolute atomic E-state index is 0.104. The molecule has 1 aliphatic rings. The summed E-state index contributed by atoms with van der Waals surface area (Å²) in [6, 6.07) is 3.37. The predicted molar refractivity (Wildman–Crippen MR) is 78.4 cm³/mol. The van der Waals surface area contributed by atoms with Crippen molar-refractivity contribution in [3.05, 3.63) is 40.8 Å². The summed E-state index contributed by atoms with van der Waals surface area (Å²) in [5, 5.41) is 3.56. The number of nitrogens with one attached hydrogen (secondary N) is 1. The summed E-state index contributed by atoms with van der Waals surface area (Å²) in [6.07, 6.45) is 1.38. The summed E-state index contributed by atoms with van der Waals surface area (Å²) < 4.78 is 45.2. The second-order valence-corrected chi connectivity index (χ2v) is 9.21. The average Bonchev–Trinajstić information content (AvgIpc) is 2.66. The van der Waals surface area contributed by atoms with Crippen molar-refractivity contribution in [3.8, 4) is 0 Å². The highest BCUT2D eigenvalue weighted by atomic mass is 35.7. The molecule has 1 N–H and O–H groups in total. The monoisotopic (exact) mass is 349 g/mol. The maximum Gasteiger partial charge on any atom is 0.261 e. The Morgan fingerprint density at radius 3 is 2.52 bits per heavy atom. The van der Waals surface area contributed by atoms with Crippen molar-refractivity contribution in [2.45, 2.75) is 17.9 Å². The van der Waals surface area contributed by atoms with E-state index in [2.05, 4.69) is 5.32 Å². The largest absolute Gasteiger partial charge is 0.345 e. The molecule has 1 heterocycles. The first-order valence-corrected chi connectivity index (χ1v) is 9.87. The van der Waals surface area contributed by atoms with Gasteiger partial charge in [0.2, 0.25) is 0 Å². The zero-order chi connectivity index (χ0) is 15.8. The van der Waals surface area contributed by atoms with Crippen molar-refractivity contribution in [2.24, 2.45) is 0 Å². The van der Waals surface area contributed by atoms with Gasteiger partial charge in [-0.1, -0.05) is 0 Å². The minimum Gasteiger partial charge on any atom is -0.345 e. The quantitative estimate of drug-likeness (QED) is 0.820. The highest BCUT2D eigenvalue weighted by Gasteiger charge is 2.24. The summed E-state index contributed by atoms with van der Waals surface area (Å²) >= 11 is 0. The number of carbonyl (C=O) groups excluding carboxylic acids is 1. The molecule has 0 bridgehead atoms. The first-order chi connectivity index (χ1) is 9.57. The number of halogens is 1. The van der Waals surface area contributed by atoms with E-state index in [9.17, 15) is 21.6 Å². The second kappa shape index (κ2) is 5.43. The lowest BCUT2D eigenvalue weighted by Crippen LogP contribution is -2.35. The SMILES string of the molecule is Cc1cc(C(=O)NC2C=CS(=O)(=O)C2)cc(S(=O)(=O)Cl)c1. The Bertz CT molecular complexity index is 827. The number of aryl methyl sites for hydroxylation is 1. The normalized spacial score (nSPS) is 20.4. The molecule has 0 saturated carbocycles. The smallest absolute Gasteiger partial charge is 0.261 e. The highest BCUT2D eigenvalue weighted by molar-refractivity contribution is 8.13. The average molecular weight is 350 g/mol. The fourth-order valence-electron chi connectivity index (χ4n) is 1.94. The standard InChI is InChI=1S/C12H12ClNO5S2/c1-8-4-9(6-11(5-8)21(13,18)19)12(15)14-10-2-3-20(16,17)7-10/h2-6,10H,7H2,1H3,(H,14,15). The molecule has 0 spiro atoms. The van der Waals surface area contributed by atoms with Gasteiger partial charge in [0.05, 0.1) is 16.7 Å². The first kappa shape index (κ1) is 16.0. The van der Waals surface area contributed by atoms with Crippen LogP contribution >= 0.6 is 10.7 Å². The van der Waals surface area contributed by atoms with E-state index in [1.165, 1.54) is 18.2 Å². The number of hydrogen-bond acceptors (Lipinski definition) is 5. The molecule has 21 heavy (non-hydrogen) atoms. The molecule has 114 valence electrons. The maximum absolute atomic E-state index is 12.1. The summed E-state index contributed by atoms with van der Waals surface area (Å²) in [5.74, 6) is -0.766. The van der Waals surface area contributed by atoms with Gasteiger partial charge in [0.15, 0.2) is 9.84 Å². The Kier molecular flexibility index (Phi) is 4.14. The lowest BCUT2D eigenvalue weighted by atomic mass is 10.1. The van der Waals surface area contributed by atoms with Gasteiger partial charge < -0.3 is 5.32 Å². The fraction of sp³-hybridized carbons (Fsp3) is 0.250. The maximum atomic E-state index is 12.1. The first-order valence-electron chi connectivity index (χ1n) is 5.85. The molecule has 6 nitrogen and oxygen atoms in total. The number of rotatable bonds is 3. The Morgan fingerprint density at radius 1 is 1.33 bits per heavy atom. The van der Waals surface area contributed by atoms with Gasteiger partial charge in [0.25, 0.3) is 15.0 Å². The Labute approximate surface area is 127 Å².